The maximum absolute atomic E-state index is 12.1. The minimum Gasteiger partial charge on any atom is -0.466 e. The average molecular weight is 441 g/mol. The van der Waals surface area contributed by atoms with E-state index in [4.69, 9.17) is 9.47 Å². The highest BCUT2D eigenvalue weighted by molar-refractivity contribution is 5.95. The smallest absolute Gasteiger partial charge is 0.305 e. The third-order valence-electron chi connectivity index (χ3n) is 4.74. The molecule has 0 aliphatic rings. The number of aryl methyl sites for hydroxylation is 1. The third-order valence-corrected chi connectivity index (χ3v) is 4.74. The number of benzene rings is 2. The van der Waals surface area contributed by atoms with Gasteiger partial charge in [0.15, 0.2) is 0 Å². The molecule has 2 rings (SSSR count). The SMILES string of the molecule is COCCCNC(=O)c1ccc(NC(=O)CCCC(=O)OCCCc2ccccc2)cc1. The normalized spacial score (nSPS) is 10.4. The predicted octanol–water partition coefficient (Wildman–Crippen LogP) is 3.74. The van der Waals surface area contributed by atoms with Crippen molar-refractivity contribution in [3.05, 3.63) is 65.7 Å². The highest BCUT2D eigenvalue weighted by atomic mass is 16.5. The Morgan fingerprint density at radius 3 is 2.31 bits per heavy atom. The first-order chi connectivity index (χ1) is 15.6. The summed E-state index contributed by atoms with van der Waals surface area (Å²) in [6, 6.07) is 16.7. The fourth-order valence-corrected chi connectivity index (χ4v) is 3.02. The number of ether oxygens (including phenoxy) is 2. The quantitative estimate of drug-likeness (QED) is 0.345. The highest BCUT2D eigenvalue weighted by Gasteiger charge is 2.08. The van der Waals surface area contributed by atoms with Crippen LogP contribution in [0.1, 0.15) is 48.0 Å². The van der Waals surface area contributed by atoms with Crippen LogP contribution in [0.4, 0.5) is 5.69 Å². The molecule has 0 saturated heterocycles. The molecule has 0 aliphatic heterocycles. The second-order valence-electron chi connectivity index (χ2n) is 7.39. The molecule has 2 N–H and O–H groups in total. The molecule has 0 bridgehead atoms. The van der Waals surface area contributed by atoms with Crippen LogP contribution in [0.15, 0.2) is 54.6 Å². The Morgan fingerprint density at radius 1 is 0.844 bits per heavy atom. The van der Waals surface area contributed by atoms with Gasteiger partial charge in [-0.05, 0) is 55.5 Å². The van der Waals surface area contributed by atoms with Crippen molar-refractivity contribution in [2.75, 3.05) is 32.2 Å². The molecule has 2 amide bonds. The predicted molar refractivity (Wildman–Crippen MR) is 123 cm³/mol. The zero-order valence-corrected chi connectivity index (χ0v) is 18.6. The van der Waals surface area contributed by atoms with Crippen molar-refractivity contribution in [1.82, 2.24) is 5.32 Å². The van der Waals surface area contributed by atoms with E-state index in [0.717, 1.165) is 19.3 Å². The van der Waals surface area contributed by atoms with Crippen molar-refractivity contribution in [2.45, 2.75) is 38.5 Å². The lowest BCUT2D eigenvalue weighted by Gasteiger charge is -2.08. The van der Waals surface area contributed by atoms with Crippen LogP contribution in [0.3, 0.4) is 0 Å². The molecule has 0 fully saturated rings. The van der Waals surface area contributed by atoms with Crippen molar-refractivity contribution >= 4 is 23.5 Å². The molecule has 0 spiro atoms. The number of methoxy groups -OCH3 is 1. The maximum atomic E-state index is 12.1. The van der Waals surface area contributed by atoms with Gasteiger partial charge in [0.05, 0.1) is 6.61 Å². The van der Waals surface area contributed by atoms with Gasteiger partial charge in [0.25, 0.3) is 5.91 Å². The second-order valence-corrected chi connectivity index (χ2v) is 7.39. The van der Waals surface area contributed by atoms with E-state index in [-0.39, 0.29) is 30.6 Å². The van der Waals surface area contributed by atoms with Crippen LogP contribution in [0.5, 0.6) is 0 Å². The molecule has 0 atom stereocenters. The molecular weight excluding hydrogens is 408 g/mol. The second kappa shape index (κ2) is 14.8. The van der Waals surface area contributed by atoms with E-state index < -0.39 is 0 Å². The number of hydrogen-bond donors (Lipinski definition) is 2. The van der Waals surface area contributed by atoms with Crippen molar-refractivity contribution in [1.29, 1.82) is 0 Å². The molecule has 0 radical (unpaired) electrons. The van der Waals surface area contributed by atoms with E-state index in [1.165, 1.54) is 5.56 Å². The van der Waals surface area contributed by atoms with Crippen LogP contribution in [0.2, 0.25) is 0 Å². The summed E-state index contributed by atoms with van der Waals surface area (Å²) in [7, 11) is 1.62. The van der Waals surface area contributed by atoms with Crippen molar-refractivity contribution in [3.8, 4) is 0 Å². The van der Waals surface area contributed by atoms with Crippen LogP contribution in [-0.2, 0) is 25.5 Å². The lowest BCUT2D eigenvalue weighted by molar-refractivity contribution is -0.143. The molecule has 2 aromatic carbocycles. The molecular formula is C25H32N2O5. The summed E-state index contributed by atoms with van der Waals surface area (Å²) in [5.41, 5.74) is 2.35. The lowest BCUT2D eigenvalue weighted by atomic mass is 10.1. The van der Waals surface area contributed by atoms with Crippen LogP contribution >= 0.6 is 0 Å². The van der Waals surface area contributed by atoms with Gasteiger partial charge in [0, 0.05) is 44.4 Å². The molecule has 2 aromatic rings. The minimum absolute atomic E-state index is 0.165. The number of hydrogen-bond acceptors (Lipinski definition) is 5. The van der Waals surface area contributed by atoms with Crippen LogP contribution in [0, 0.1) is 0 Å². The number of anilines is 1. The Kier molecular flexibility index (Phi) is 11.6. The first-order valence-corrected chi connectivity index (χ1v) is 10.9. The summed E-state index contributed by atoms with van der Waals surface area (Å²) in [6.45, 7) is 1.52. The molecule has 0 saturated carbocycles. The first-order valence-electron chi connectivity index (χ1n) is 10.9. The van der Waals surface area contributed by atoms with E-state index in [2.05, 4.69) is 10.6 Å². The van der Waals surface area contributed by atoms with Gasteiger partial charge in [-0.3, -0.25) is 14.4 Å². The monoisotopic (exact) mass is 440 g/mol. The van der Waals surface area contributed by atoms with Crippen LogP contribution in [-0.4, -0.2) is 44.7 Å². The molecule has 32 heavy (non-hydrogen) atoms. The molecule has 7 heteroatoms. The summed E-state index contributed by atoms with van der Waals surface area (Å²) in [5.74, 6) is -0.633. The standard InChI is InChI=1S/C25H32N2O5/c1-31-18-7-17-26-25(30)21-13-15-22(16-14-21)27-23(28)11-5-12-24(29)32-19-6-10-20-8-3-2-4-9-20/h2-4,8-9,13-16H,5-7,10-12,17-19H2,1H3,(H,26,30)(H,27,28). The van der Waals surface area contributed by atoms with E-state index in [9.17, 15) is 14.4 Å². The fraction of sp³-hybridized carbons (Fsp3) is 0.400. The summed E-state index contributed by atoms with van der Waals surface area (Å²) in [4.78, 5) is 35.9. The van der Waals surface area contributed by atoms with Crippen molar-refractivity contribution in [2.24, 2.45) is 0 Å². The largest absolute Gasteiger partial charge is 0.466 e. The van der Waals surface area contributed by atoms with Gasteiger partial charge in [-0.2, -0.15) is 0 Å². The maximum Gasteiger partial charge on any atom is 0.305 e. The average Bonchev–Trinajstić information content (AvgIpc) is 2.80. The third kappa shape index (κ3) is 10.2. The van der Waals surface area contributed by atoms with Gasteiger partial charge in [0.1, 0.15) is 0 Å². The highest BCUT2D eigenvalue weighted by Crippen LogP contribution is 2.11. The Balaban J connectivity index is 1.58. The van der Waals surface area contributed by atoms with Gasteiger partial charge in [-0.1, -0.05) is 30.3 Å². The van der Waals surface area contributed by atoms with Crippen LogP contribution in [0.25, 0.3) is 0 Å². The number of esters is 1. The Labute approximate surface area is 189 Å². The van der Waals surface area contributed by atoms with E-state index in [0.29, 0.717) is 37.4 Å². The molecule has 7 nitrogen and oxygen atoms in total. The topological polar surface area (TPSA) is 93.7 Å². The number of carbonyl (C=O) groups excluding carboxylic acids is 3. The van der Waals surface area contributed by atoms with Gasteiger partial charge in [0.2, 0.25) is 5.91 Å². The Hall–Kier alpha value is -3.19. The van der Waals surface area contributed by atoms with Gasteiger partial charge >= 0.3 is 5.97 Å². The number of amides is 2. The van der Waals surface area contributed by atoms with E-state index >= 15 is 0 Å². The van der Waals surface area contributed by atoms with E-state index in [1.54, 1.807) is 31.4 Å². The van der Waals surface area contributed by atoms with Crippen molar-refractivity contribution in [3.63, 3.8) is 0 Å². The number of rotatable bonds is 14. The zero-order valence-electron chi connectivity index (χ0n) is 18.6. The summed E-state index contributed by atoms with van der Waals surface area (Å²) < 4.78 is 10.2. The molecule has 0 aromatic heterocycles. The summed E-state index contributed by atoms with van der Waals surface area (Å²) in [5, 5.41) is 5.58. The first kappa shape index (κ1) is 25.1. The molecule has 0 heterocycles. The Bertz CT molecular complexity index is 837. The molecule has 172 valence electrons. The van der Waals surface area contributed by atoms with Gasteiger partial charge < -0.3 is 20.1 Å². The minimum atomic E-state index is -0.285. The van der Waals surface area contributed by atoms with Crippen molar-refractivity contribution < 1.29 is 23.9 Å². The molecule has 0 unspecified atom stereocenters. The van der Waals surface area contributed by atoms with Crippen LogP contribution < -0.4 is 10.6 Å². The molecule has 0 aliphatic carbocycles. The fourth-order valence-electron chi connectivity index (χ4n) is 3.02. The van der Waals surface area contributed by atoms with Gasteiger partial charge in [-0.15, -0.1) is 0 Å². The Morgan fingerprint density at radius 2 is 1.59 bits per heavy atom. The number of nitrogens with one attached hydrogen (secondary N) is 2. The van der Waals surface area contributed by atoms with Gasteiger partial charge in [-0.25, -0.2) is 0 Å². The zero-order chi connectivity index (χ0) is 23.0. The number of carbonyl (C=O) groups is 3. The lowest BCUT2D eigenvalue weighted by Crippen LogP contribution is -2.25. The summed E-state index contributed by atoms with van der Waals surface area (Å²) in [6.07, 6.45) is 3.24. The van der Waals surface area contributed by atoms with E-state index in [1.807, 2.05) is 30.3 Å². The summed E-state index contributed by atoms with van der Waals surface area (Å²) >= 11 is 0.